The van der Waals surface area contributed by atoms with Gasteiger partial charge in [0.05, 0.1) is 12.2 Å². The second-order valence-electron chi connectivity index (χ2n) is 4.47. The molecule has 2 nitrogen and oxygen atoms in total. The van der Waals surface area contributed by atoms with E-state index >= 15 is 0 Å². The van der Waals surface area contributed by atoms with Crippen LogP contribution in [0.25, 0.3) is 0 Å². The molecule has 0 atom stereocenters. The molecule has 0 N–H and O–H groups in total. The highest BCUT2D eigenvalue weighted by Crippen LogP contribution is 2.30. The van der Waals surface area contributed by atoms with E-state index in [0.717, 1.165) is 17.9 Å². The SMILES string of the molecule is CCc1ccc(OC(C)C)c(OC(C)C)c1. The van der Waals surface area contributed by atoms with E-state index in [0.29, 0.717) is 0 Å². The molecule has 0 aliphatic heterocycles. The molecule has 0 bridgehead atoms. The Bertz CT molecular complexity index is 330. The van der Waals surface area contributed by atoms with Crippen molar-refractivity contribution in [2.45, 2.75) is 53.2 Å². The first-order valence-electron chi connectivity index (χ1n) is 5.99. The molecular weight excluding hydrogens is 200 g/mol. The lowest BCUT2D eigenvalue weighted by atomic mass is 10.1. The fourth-order valence-corrected chi connectivity index (χ4v) is 1.47. The molecule has 1 aromatic rings. The topological polar surface area (TPSA) is 18.5 Å². The van der Waals surface area contributed by atoms with E-state index in [9.17, 15) is 0 Å². The van der Waals surface area contributed by atoms with Gasteiger partial charge in [0.25, 0.3) is 0 Å². The van der Waals surface area contributed by atoms with E-state index in [4.69, 9.17) is 9.47 Å². The third kappa shape index (κ3) is 3.76. The molecule has 1 aromatic carbocycles. The summed E-state index contributed by atoms with van der Waals surface area (Å²) in [7, 11) is 0. The van der Waals surface area contributed by atoms with Crippen LogP contribution in [0.15, 0.2) is 18.2 Å². The Morgan fingerprint density at radius 2 is 1.50 bits per heavy atom. The zero-order valence-electron chi connectivity index (χ0n) is 10.9. The highest BCUT2D eigenvalue weighted by atomic mass is 16.5. The zero-order chi connectivity index (χ0) is 12.1. The van der Waals surface area contributed by atoms with E-state index in [-0.39, 0.29) is 12.2 Å². The second kappa shape index (κ2) is 5.78. The van der Waals surface area contributed by atoms with E-state index in [1.165, 1.54) is 5.56 Å². The third-order valence-corrected chi connectivity index (χ3v) is 2.14. The highest BCUT2D eigenvalue weighted by molar-refractivity contribution is 5.43. The highest BCUT2D eigenvalue weighted by Gasteiger charge is 2.09. The maximum Gasteiger partial charge on any atom is 0.161 e. The predicted molar refractivity (Wildman–Crippen MR) is 67.3 cm³/mol. The fraction of sp³-hybridized carbons (Fsp3) is 0.571. The van der Waals surface area contributed by atoms with Crippen LogP contribution in [0.4, 0.5) is 0 Å². The number of aryl methyl sites for hydroxylation is 1. The fourth-order valence-electron chi connectivity index (χ4n) is 1.47. The minimum absolute atomic E-state index is 0.168. The summed E-state index contributed by atoms with van der Waals surface area (Å²) >= 11 is 0. The number of hydrogen-bond acceptors (Lipinski definition) is 2. The van der Waals surface area contributed by atoms with Crippen LogP contribution in [0, 0.1) is 0 Å². The maximum absolute atomic E-state index is 5.76. The Hall–Kier alpha value is -1.18. The molecule has 90 valence electrons. The monoisotopic (exact) mass is 222 g/mol. The summed E-state index contributed by atoms with van der Waals surface area (Å²) in [6, 6.07) is 6.15. The molecule has 0 saturated carbocycles. The quantitative estimate of drug-likeness (QED) is 0.754. The number of ether oxygens (including phenoxy) is 2. The normalized spacial score (nSPS) is 10.9. The molecule has 0 fully saturated rings. The summed E-state index contributed by atoms with van der Waals surface area (Å²) in [5.41, 5.74) is 1.27. The second-order valence-corrected chi connectivity index (χ2v) is 4.47. The first-order chi connectivity index (χ1) is 7.52. The van der Waals surface area contributed by atoms with Gasteiger partial charge < -0.3 is 9.47 Å². The van der Waals surface area contributed by atoms with Gasteiger partial charge in [-0.15, -0.1) is 0 Å². The van der Waals surface area contributed by atoms with E-state index < -0.39 is 0 Å². The molecule has 16 heavy (non-hydrogen) atoms. The Morgan fingerprint density at radius 3 is 2.00 bits per heavy atom. The number of rotatable bonds is 5. The van der Waals surface area contributed by atoms with Crippen molar-refractivity contribution in [3.05, 3.63) is 23.8 Å². The van der Waals surface area contributed by atoms with Crippen molar-refractivity contribution in [1.82, 2.24) is 0 Å². The molecule has 0 amide bonds. The van der Waals surface area contributed by atoms with Crippen LogP contribution in [-0.2, 0) is 6.42 Å². The molecule has 0 radical (unpaired) electrons. The minimum atomic E-state index is 0.168. The maximum atomic E-state index is 5.76. The Kier molecular flexibility index (Phi) is 4.66. The lowest BCUT2D eigenvalue weighted by Crippen LogP contribution is -2.11. The molecular formula is C14H22O2. The average molecular weight is 222 g/mol. The van der Waals surface area contributed by atoms with Crippen molar-refractivity contribution in [2.75, 3.05) is 0 Å². The molecule has 0 aromatic heterocycles. The van der Waals surface area contributed by atoms with Crippen molar-refractivity contribution < 1.29 is 9.47 Å². The summed E-state index contributed by atoms with van der Waals surface area (Å²) < 4.78 is 11.5. The van der Waals surface area contributed by atoms with E-state index in [1.807, 2.05) is 33.8 Å². The largest absolute Gasteiger partial charge is 0.487 e. The summed E-state index contributed by atoms with van der Waals surface area (Å²) in [5.74, 6) is 1.68. The van der Waals surface area contributed by atoms with Crippen LogP contribution >= 0.6 is 0 Å². The summed E-state index contributed by atoms with van der Waals surface area (Å²) in [6.07, 6.45) is 1.35. The van der Waals surface area contributed by atoms with Gasteiger partial charge in [-0.1, -0.05) is 13.0 Å². The summed E-state index contributed by atoms with van der Waals surface area (Å²) in [5, 5.41) is 0. The van der Waals surface area contributed by atoms with Gasteiger partial charge in [-0.05, 0) is 51.8 Å². The zero-order valence-corrected chi connectivity index (χ0v) is 10.9. The van der Waals surface area contributed by atoms with Gasteiger partial charge in [0.2, 0.25) is 0 Å². The molecule has 0 spiro atoms. The van der Waals surface area contributed by atoms with E-state index in [1.54, 1.807) is 0 Å². The van der Waals surface area contributed by atoms with Crippen LogP contribution in [0.5, 0.6) is 11.5 Å². The first-order valence-corrected chi connectivity index (χ1v) is 5.99. The smallest absolute Gasteiger partial charge is 0.161 e. The molecule has 2 heteroatoms. The first kappa shape index (κ1) is 12.9. The molecule has 0 unspecified atom stereocenters. The van der Waals surface area contributed by atoms with Gasteiger partial charge in [-0.25, -0.2) is 0 Å². The van der Waals surface area contributed by atoms with Crippen molar-refractivity contribution >= 4 is 0 Å². The van der Waals surface area contributed by atoms with E-state index in [2.05, 4.69) is 19.1 Å². The van der Waals surface area contributed by atoms with Crippen molar-refractivity contribution in [1.29, 1.82) is 0 Å². The minimum Gasteiger partial charge on any atom is -0.487 e. The van der Waals surface area contributed by atoms with Gasteiger partial charge in [0.1, 0.15) is 0 Å². The molecule has 0 heterocycles. The lowest BCUT2D eigenvalue weighted by molar-refractivity contribution is 0.198. The molecule has 1 rings (SSSR count). The Labute approximate surface area is 98.6 Å². The molecule has 0 aliphatic carbocycles. The summed E-state index contributed by atoms with van der Waals surface area (Å²) in [4.78, 5) is 0. The van der Waals surface area contributed by atoms with Crippen molar-refractivity contribution in [3.8, 4) is 11.5 Å². The van der Waals surface area contributed by atoms with Gasteiger partial charge >= 0.3 is 0 Å². The molecule has 0 saturated heterocycles. The Morgan fingerprint density at radius 1 is 0.938 bits per heavy atom. The average Bonchev–Trinajstić information content (AvgIpc) is 2.19. The van der Waals surface area contributed by atoms with Crippen LogP contribution in [-0.4, -0.2) is 12.2 Å². The van der Waals surface area contributed by atoms with Gasteiger partial charge in [-0.3, -0.25) is 0 Å². The van der Waals surface area contributed by atoms with Gasteiger partial charge in [-0.2, -0.15) is 0 Å². The van der Waals surface area contributed by atoms with Crippen LogP contribution < -0.4 is 9.47 Å². The van der Waals surface area contributed by atoms with Crippen LogP contribution in [0.2, 0.25) is 0 Å². The standard InChI is InChI=1S/C14H22O2/c1-6-12-7-8-13(15-10(2)3)14(9-12)16-11(4)5/h7-11H,6H2,1-5H3. The van der Waals surface area contributed by atoms with Gasteiger partial charge in [0, 0.05) is 0 Å². The predicted octanol–water partition coefficient (Wildman–Crippen LogP) is 3.82. The van der Waals surface area contributed by atoms with Crippen molar-refractivity contribution in [3.63, 3.8) is 0 Å². The third-order valence-electron chi connectivity index (χ3n) is 2.14. The summed E-state index contributed by atoms with van der Waals surface area (Å²) in [6.45, 7) is 10.2. The lowest BCUT2D eigenvalue weighted by Gasteiger charge is -2.17. The Balaban J connectivity index is 2.96. The van der Waals surface area contributed by atoms with Crippen LogP contribution in [0.1, 0.15) is 40.2 Å². The van der Waals surface area contributed by atoms with Gasteiger partial charge in [0.15, 0.2) is 11.5 Å². The van der Waals surface area contributed by atoms with Crippen LogP contribution in [0.3, 0.4) is 0 Å². The molecule has 0 aliphatic rings. The number of hydrogen-bond donors (Lipinski definition) is 0. The van der Waals surface area contributed by atoms with Crippen molar-refractivity contribution in [2.24, 2.45) is 0 Å². The number of benzene rings is 1.